The minimum absolute atomic E-state index is 0.254. The number of hydrogen-bond donors (Lipinski definition) is 0. The zero-order valence-electron chi connectivity index (χ0n) is 14.0. The van der Waals surface area contributed by atoms with Gasteiger partial charge in [0.1, 0.15) is 0 Å². The Morgan fingerprint density at radius 1 is 1.14 bits per heavy atom. The van der Waals surface area contributed by atoms with E-state index in [1.54, 1.807) is 0 Å². The summed E-state index contributed by atoms with van der Waals surface area (Å²) < 4.78 is 0. The topological polar surface area (TPSA) is 20.3 Å². The molecule has 1 atom stereocenters. The van der Waals surface area contributed by atoms with Crippen molar-refractivity contribution in [3.05, 3.63) is 35.4 Å². The van der Waals surface area contributed by atoms with Gasteiger partial charge in [-0.05, 0) is 50.6 Å². The van der Waals surface area contributed by atoms with Crippen LogP contribution in [0, 0.1) is 18.3 Å². The van der Waals surface area contributed by atoms with E-state index in [2.05, 4.69) is 32.6 Å². The summed E-state index contributed by atoms with van der Waals surface area (Å²) in [6.45, 7) is 11.7. The molecule has 0 saturated carbocycles. The first-order valence-corrected chi connectivity index (χ1v) is 8.18. The molecule has 2 heteroatoms. The fourth-order valence-corrected chi connectivity index (χ4v) is 3.21. The van der Waals surface area contributed by atoms with Crippen LogP contribution in [0.25, 0.3) is 0 Å². The van der Waals surface area contributed by atoms with Crippen molar-refractivity contribution >= 4 is 5.78 Å². The van der Waals surface area contributed by atoms with E-state index >= 15 is 0 Å². The number of carbonyl (C=O) groups is 1. The van der Waals surface area contributed by atoms with Crippen LogP contribution in [0.5, 0.6) is 0 Å². The van der Waals surface area contributed by atoms with E-state index in [1.165, 1.54) is 24.8 Å². The van der Waals surface area contributed by atoms with E-state index in [4.69, 9.17) is 0 Å². The first-order chi connectivity index (χ1) is 9.86. The average Bonchev–Trinajstić information content (AvgIpc) is 2.64. The predicted octanol–water partition coefficient (Wildman–Crippen LogP) is 4.33. The standard InChI is InChI=1S/C19H29NO/c1-15-7-9-16(10-8-15)18(21)14-20-12-5-6-17(11-13-20)19(2,3)4/h7-10,17H,5-6,11-14H2,1-4H3. The summed E-state index contributed by atoms with van der Waals surface area (Å²) in [5, 5.41) is 0. The molecule has 1 aliphatic heterocycles. The molecule has 21 heavy (non-hydrogen) atoms. The molecule has 0 N–H and O–H groups in total. The summed E-state index contributed by atoms with van der Waals surface area (Å²) in [5.41, 5.74) is 2.43. The van der Waals surface area contributed by atoms with Crippen LogP contribution >= 0.6 is 0 Å². The molecule has 1 heterocycles. The second kappa shape index (κ2) is 6.74. The van der Waals surface area contributed by atoms with Crippen molar-refractivity contribution in [2.24, 2.45) is 11.3 Å². The highest BCUT2D eigenvalue weighted by atomic mass is 16.1. The average molecular weight is 287 g/mol. The molecule has 0 spiro atoms. The number of Topliss-reactive ketones (excluding diaryl/α,β-unsaturated/α-hetero) is 1. The second-order valence-electron chi connectivity index (χ2n) is 7.56. The van der Waals surface area contributed by atoms with Crippen molar-refractivity contribution in [1.29, 1.82) is 0 Å². The van der Waals surface area contributed by atoms with Gasteiger partial charge in [0.2, 0.25) is 0 Å². The smallest absolute Gasteiger partial charge is 0.176 e. The zero-order chi connectivity index (χ0) is 15.5. The van der Waals surface area contributed by atoms with Crippen LogP contribution in [0.15, 0.2) is 24.3 Å². The summed E-state index contributed by atoms with van der Waals surface area (Å²) in [6, 6.07) is 7.94. The zero-order valence-corrected chi connectivity index (χ0v) is 14.0. The molecule has 0 aliphatic carbocycles. The van der Waals surface area contributed by atoms with Crippen LogP contribution in [0.3, 0.4) is 0 Å². The molecule has 1 aromatic rings. The third-order valence-corrected chi connectivity index (χ3v) is 4.79. The van der Waals surface area contributed by atoms with Crippen molar-refractivity contribution in [3.8, 4) is 0 Å². The molecule has 0 amide bonds. The molecule has 1 aliphatic rings. The van der Waals surface area contributed by atoms with Crippen molar-refractivity contribution in [3.63, 3.8) is 0 Å². The minimum Gasteiger partial charge on any atom is -0.296 e. The van der Waals surface area contributed by atoms with Crippen LogP contribution in [0.2, 0.25) is 0 Å². The molecule has 1 aromatic carbocycles. The Labute approximate surface area is 129 Å². The van der Waals surface area contributed by atoms with Gasteiger partial charge in [-0.25, -0.2) is 0 Å². The van der Waals surface area contributed by atoms with Gasteiger partial charge in [-0.15, -0.1) is 0 Å². The van der Waals surface area contributed by atoms with Crippen LogP contribution in [0.4, 0.5) is 0 Å². The van der Waals surface area contributed by atoms with Crippen LogP contribution in [-0.4, -0.2) is 30.3 Å². The van der Waals surface area contributed by atoms with Gasteiger partial charge in [-0.1, -0.05) is 50.6 Å². The molecule has 1 unspecified atom stereocenters. The summed E-state index contributed by atoms with van der Waals surface area (Å²) in [5.74, 6) is 1.03. The molecule has 0 aromatic heterocycles. The molecule has 2 rings (SSSR count). The second-order valence-corrected chi connectivity index (χ2v) is 7.56. The number of rotatable bonds is 3. The third kappa shape index (κ3) is 4.67. The maximum atomic E-state index is 12.4. The highest BCUT2D eigenvalue weighted by molar-refractivity contribution is 5.97. The number of ketones is 1. The molecule has 1 fully saturated rings. The van der Waals surface area contributed by atoms with Crippen LogP contribution in [0.1, 0.15) is 56.0 Å². The van der Waals surface area contributed by atoms with Gasteiger partial charge in [0.05, 0.1) is 6.54 Å². The molecule has 0 radical (unpaired) electrons. The lowest BCUT2D eigenvalue weighted by Crippen LogP contribution is -2.31. The SMILES string of the molecule is Cc1ccc(C(=O)CN2CCCC(C(C)(C)C)CC2)cc1. The lowest BCUT2D eigenvalue weighted by Gasteiger charge is -2.29. The van der Waals surface area contributed by atoms with E-state index in [0.29, 0.717) is 12.0 Å². The van der Waals surface area contributed by atoms with E-state index in [-0.39, 0.29) is 5.78 Å². The van der Waals surface area contributed by atoms with E-state index < -0.39 is 0 Å². The number of carbonyl (C=O) groups excluding carboxylic acids is 1. The van der Waals surface area contributed by atoms with Crippen molar-refractivity contribution in [1.82, 2.24) is 4.90 Å². The number of likely N-dealkylation sites (tertiary alicyclic amines) is 1. The molecule has 2 nitrogen and oxygen atoms in total. The Kier molecular flexibility index (Phi) is 5.21. The Hall–Kier alpha value is -1.15. The molecule has 0 bridgehead atoms. The first kappa shape index (κ1) is 16.2. The van der Waals surface area contributed by atoms with Crippen LogP contribution < -0.4 is 0 Å². The Morgan fingerprint density at radius 2 is 1.81 bits per heavy atom. The Bertz CT molecular complexity index is 469. The molecule has 1 saturated heterocycles. The number of nitrogens with zero attached hydrogens (tertiary/aromatic N) is 1. The Morgan fingerprint density at radius 3 is 2.43 bits per heavy atom. The maximum Gasteiger partial charge on any atom is 0.176 e. The maximum absolute atomic E-state index is 12.4. The highest BCUT2D eigenvalue weighted by Gasteiger charge is 2.27. The van der Waals surface area contributed by atoms with Gasteiger partial charge in [-0.2, -0.15) is 0 Å². The molecule has 116 valence electrons. The van der Waals surface area contributed by atoms with E-state index in [1.807, 2.05) is 24.3 Å². The normalized spacial score (nSPS) is 21.0. The van der Waals surface area contributed by atoms with Gasteiger partial charge in [0.15, 0.2) is 5.78 Å². The summed E-state index contributed by atoms with van der Waals surface area (Å²) in [6.07, 6.45) is 3.71. The fourth-order valence-electron chi connectivity index (χ4n) is 3.21. The third-order valence-electron chi connectivity index (χ3n) is 4.79. The minimum atomic E-state index is 0.254. The number of aryl methyl sites for hydroxylation is 1. The number of hydrogen-bond acceptors (Lipinski definition) is 2. The lowest BCUT2D eigenvalue weighted by molar-refractivity contribution is 0.0930. The van der Waals surface area contributed by atoms with Crippen molar-refractivity contribution < 1.29 is 4.79 Å². The summed E-state index contributed by atoms with van der Waals surface area (Å²) >= 11 is 0. The molecular formula is C19H29NO. The summed E-state index contributed by atoms with van der Waals surface area (Å²) in [4.78, 5) is 14.7. The number of benzene rings is 1. The van der Waals surface area contributed by atoms with Gasteiger partial charge in [-0.3, -0.25) is 9.69 Å². The lowest BCUT2D eigenvalue weighted by atomic mass is 9.77. The van der Waals surface area contributed by atoms with Gasteiger partial charge in [0.25, 0.3) is 0 Å². The van der Waals surface area contributed by atoms with Gasteiger partial charge < -0.3 is 0 Å². The fraction of sp³-hybridized carbons (Fsp3) is 0.632. The Balaban J connectivity index is 1.91. The van der Waals surface area contributed by atoms with E-state index in [9.17, 15) is 4.79 Å². The first-order valence-electron chi connectivity index (χ1n) is 8.18. The predicted molar refractivity (Wildman–Crippen MR) is 88.7 cm³/mol. The largest absolute Gasteiger partial charge is 0.296 e. The van der Waals surface area contributed by atoms with E-state index in [0.717, 1.165) is 24.6 Å². The summed E-state index contributed by atoms with van der Waals surface area (Å²) in [7, 11) is 0. The van der Waals surface area contributed by atoms with Gasteiger partial charge >= 0.3 is 0 Å². The van der Waals surface area contributed by atoms with Crippen molar-refractivity contribution in [2.75, 3.05) is 19.6 Å². The van der Waals surface area contributed by atoms with Crippen LogP contribution in [-0.2, 0) is 0 Å². The molecular weight excluding hydrogens is 258 g/mol. The monoisotopic (exact) mass is 287 g/mol. The highest BCUT2D eigenvalue weighted by Crippen LogP contribution is 2.34. The van der Waals surface area contributed by atoms with Crippen molar-refractivity contribution in [2.45, 2.75) is 47.0 Å². The van der Waals surface area contributed by atoms with Gasteiger partial charge in [0, 0.05) is 5.56 Å². The quantitative estimate of drug-likeness (QED) is 0.771.